The molecule has 0 saturated carbocycles. The van der Waals surface area contributed by atoms with Crippen molar-refractivity contribution >= 4 is 55.1 Å². The smallest absolute Gasteiger partial charge is 0.332 e. The lowest BCUT2D eigenvalue weighted by Gasteiger charge is -2.02. The SMILES string of the molecule is COC(=O)/C=C(\C)NC(=O)c1cc(Br)c(Br)s1. The molecule has 1 rings (SSSR count). The van der Waals surface area contributed by atoms with Gasteiger partial charge in [-0.25, -0.2) is 4.79 Å². The van der Waals surface area contributed by atoms with Gasteiger partial charge in [0.15, 0.2) is 0 Å². The van der Waals surface area contributed by atoms with Crippen molar-refractivity contribution in [2.45, 2.75) is 6.92 Å². The van der Waals surface area contributed by atoms with Gasteiger partial charge >= 0.3 is 5.97 Å². The third-order valence-corrected chi connectivity index (χ3v) is 4.97. The fraction of sp³-hybridized carbons (Fsp3) is 0.200. The molecule has 0 bridgehead atoms. The molecule has 1 amide bonds. The van der Waals surface area contributed by atoms with Crippen LogP contribution in [-0.4, -0.2) is 19.0 Å². The number of esters is 1. The molecule has 1 aromatic heterocycles. The van der Waals surface area contributed by atoms with E-state index >= 15 is 0 Å². The summed E-state index contributed by atoms with van der Waals surface area (Å²) in [4.78, 5) is 23.2. The van der Waals surface area contributed by atoms with Gasteiger partial charge < -0.3 is 10.1 Å². The van der Waals surface area contributed by atoms with Gasteiger partial charge in [0.2, 0.25) is 0 Å². The predicted octanol–water partition coefficient (Wildman–Crippen LogP) is 3.08. The molecule has 1 N–H and O–H groups in total. The second-order valence-corrected chi connectivity index (χ2v) is 6.26. The lowest BCUT2D eigenvalue weighted by molar-refractivity contribution is -0.134. The fourth-order valence-corrected chi connectivity index (χ4v) is 2.90. The summed E-state index contributed by atoms with van der Waals surface area (Å²) >= 11 is 7.91. The highest BCUT2D eigenvalue weighted by atomic mass is 79.9. The molecule has 0 aliphatic rings. The number of allylic oxidation sites excluding steroid dienone is 1. The van der Waals surface area contributed by atoms with Gasteiger partial charge in [-0.15, -0.1) is 11.3 Å². The second-order valence-electron chi connectivity index (χ2n) is 3.04. The molecule has 4 nitrogen and oxygen atoms in total. The van der Waals surface area contributed by atoms with Crippen LogP contribution in [0.15, 0.2) is 26.1 Å². The summed E-state index contributed by atoms with van der Waals surface area (Å²) < 4.78 is 6.12. The van der Waals surface area contributed by atoms with Crippen LogP contribution in [0.1, 0.15) is 16.6 Å². The fourth-order valence-electron chi connectivity index (χ4n) is 0.971. The van der Waals surface area contributed by atoms with Gasteiger partial charge in [-0.05, 0) is 44.8 Å². The number of rotatable bonds is 3. The van der Waals surface area contributed by atoms with E-state index in [0.717, 1.165) is 8.26 Å². The van der Waals surface area contributed by atoms with Crippen LogP contribution in [0.2, 0.25) is 0 Å². The van der Waals surface area contributed by atoms with Crippen molar-refractivity contribution in [1.29, 1.82) is 0 Å². The zero-order valence-corrected chi connectivity index (χ0v) is 13.0. The highest BCUT2D eigenvalue weighted by Crippen LogP contribution is 2.32. The third-order valence-electron chi connectivity index (χ3n) is 1.72. The highest BCUT2D eigenvalue weighted by molar-refractivity contribution is 9.13. The minimum Gasteiger partial charge on any atom is -0.466 e. The summed E-state index contributed by atoms with van der Waals surface area (Å²) in [6.45, 7) is 1.62. The quantitative estimate of drug-likeness (QED) is 0.645. The monoisotopic (exact) mass is 381 g/mol. The molecule has 0 unspecified atom stereocenters. The van der Waals surface area contributed by atoms with Crippen LogP contribution < -0.4 is 5.32 Å². The van der Waals surface area contributed by atoms with E-state index in [1.807, 2.05) is 0 Å². The summed E-state index contributed by atoms with van der Waals surface area (Å²) in [5.41, 5.74) is 0.433. The number of ether oxygens (including phenoxy) is 1. The number of carbonyl (C=O) groups excluding carboxylic acids is 2. The van der Waals surface area contributed by atoms with E-state index in [0.29, 0.717) is 10.6 Å². The Bertz CT molecular complexity index is 462. The van der Waals surface area contributed by atoms with Gasteiger partial charge in [-0.2, -0.15) is 0 Å². The van der Waals surface area contributed by atoms with Gasteiger partial charge in [0, 0.05) is 16.2 Å². The Morgan fingerprint density at radius 3 is 2.59 bits per heavy atom. The van der Waals surface area contributed by atoms with Crippen molar-refractivity contribution in [2.75, 3.05) is 7.11 Å². The van der Waals surface area contributed by atoms with Crippen molar-refractivity contribution in [3.05, 3.63) is 31.0 Å². The maximum absolute atomic E-state index is 11.8. The molecular weight excluding hydrogens is 374 g/mol. The van der Waals surface area contributed by atoms with E-state index in [9.17, 15) is 9.59 Å². The summed E-state index contributed by atoms with van der Waals surface area (Å²) in [7, 11) is 1.28. The Hall–Kier alpha value is -0.660. The zero-order valence-electron chi connectivity index (χ0n) is 9.04. The molecule has 17 heavy (non-hydrogen) atoms. The van der Waals surface area contributed by atoms with Crippen LogP contribution in [0, 0.1) is 0 Å². The molecule has 0 fully saturated rings. The largest absolute Gasteiger partial charge is 0.466 e. The summed E-state index contributed by atoms with van der Waals surface area (Å²) in [6, 6.07) is 1.70. The first kappa shape index (κ1) is 14.4. The average Bonchev–Trinajstić information content (AvgIpc) is 2.59. The predicted molar refractivity (Wildman–Crippen MR) is 73.0 cm³/mol. The molecule has 0 radical (unpaired) electrons. The molecule has 92 valence electrons. The van der Waals surface area contributed by atoms with Gasteiger partial charge in [0.25, 0.3) is 5.91 Å². The normalized spacial score (nSPS) is 11.2. The van der Waals surface area contributed by atoms with Crippen LogP contribution in [0.4, 0.5) is 0 Å². The van der Waals surface area contributed by atoms with E-state index in [4.69, 9.17) is 0 Å². The standard InChI is InChI=1S/C10H9Br2NO3S/c1-5(3-8(14)16-2)13-10(15)7-4-6(11)9(12)17-7/h3-4H,1-2H3,(H,13,15)/b5-3+. The first-order valence-corrected chi connectivity index (χ1v) is 6.86. The maximum atomic E-state index is 11.8. The Kier molecular flexibility index (Phi) is 5.35. The molecule has 7 heteroatoms. The average molecular weight is 383 g/mol. The van der Waals surface area contributed by atoms with Gasteiger partial charge in [0.05, 0.1) is 15.8 Å². The Morgan fingerprint density at radius 2 is 2.12 bits per heavy atom. The van der Waals surface area contributed by atoms with Crippen LogP contribution in [0.5, 0.6) is 0 Å². The van der Waals surface area contributed by atoms with E-state index < -0.39 is 5.97 Å². The number of amides is 1. The molecule has 0 aliphatic heterocycles. The Labute approximate surface area is 119 Å². The van der Waals surface area contributed by atoms with Gasteiger partial charge in [-0.3, -0.25) is 4.79 Å². The number of hydrogen-bond donors (Lipinski definition) is 1. The summed E-state index contributed by atoms with van der Waals surface area (Å²) in [5, 5.41) is 2.59. The molecule has 0 aromatic carbocycles. The van der Waals surface area contributed by atoms with E-state index in [1.54, 1.807) is 13.0 Å². The maximum Gasteiger partial charge on any atom is 0.332 e. The van der Waals surface area contributed by atoms with Crippen molar-refractivity contribution in [1.82, 2.24) is 5.32 Å². The number of methoxy groups -OCH3 is 1. The zero-order chi connectivity index (χ0) is 13.0. The van der Waals surface area contributed by atoms with Gasteiger partial charge in [-0.1, -0.05) is 0 Å². The number of carbonyl (C=O) groups is 2. The van der Waals surface area contributed by atoms with Crippen LogP contribution in [0.25, 0.3) is 0 Å². The lowest BCUT2D eigenvalue weighted by atomic mass is 10.4. The lowest BCUT2D eigenvalue weighted by Crippen LogP contribution is -2.21. The van der Waals surface area contributed by atoms with Crippen molar-refractivity contribution in [2.24, 2.45) is 0 Å². The molecule has 0 aliphatic carbocycles. The van der Waals surface area contributed by atoms with E-state index in [2.05, 4.69) is 41.9 Å². The molecule has 0 spiro atoms. The van der Waals surface area contributed by atoms with Crippen molar-refractivity contribution < 1.29 is 14.3 Å². The van der Waals surface area contributed by atoms with Crippen LogP contribution in [0.3, 0.4) is 0 Å². The van der Waals surface area contributed by atoms with Crippen LogP contribution in [-0.2, 0) is 9.53 Å². The molecule has 0 saturated heterocycles. The number of halogens is 2. The van der Waals surface area contributed by atoms with E-state index in [-0.39, 0.29) is 5.91 Å². The molecule has 1 heterocycles. The third kappa shape index (κ3) is 4.25. The first-order valence-electron chi connectivity index (χ1n) is 4.46. The first-order chi connectivity index (χ1) is 7.93. The number of nitrogens with one attached hydrogen (secondary N) is 1. The Morgan fingerprint density at radius 1 is 1.47 bits per heavy atom. The summed E-state index contributed by atoms with van der Waals surface area (Å²) in [6.07, 6.45) is 1.22. The number of hydrogen-bond acceptors (Lipinski definition) is 4. The highest BCUT2D eigenvalue weighted by Gasteiger charge is 2.12. The number of thiophene rings is 1. The minimum atomic E-state index is -0.503. The summed E-state index contributed by atoms with van der Waals surface area (Å²) in [5.74, 6) is -0.768. The van der Waals surface area contributed by atoms with Gasteiger partial charge in [0.1, 0.15) is 0 Å². The second kappa shape index (κ2) is 6.32. The molecule has 1 aromatic rings. The Balaban J connectivity index is 2.73. The minimum absolute atomic E-state index is 0.265. The molecule has 0 atom stereocenters. The molecular formula is C10H9Br2NO3S. The van der Waals surface area contributed by atoms with Crippen molar-refractivity contribution in [3.8, 4) is 0 Å². The van der Waals surface area contributed by atoms with Crippen molar-refractivity contribution in [3.63, 3.8) is 0 Å². The van der Waals surface area contributed by atoms with E-state index in [1.165, 1.54) is 24.5 Å². The van der Waals surface area contributed by atoms with Crippen LogP contribution >= 0.6 is 43.2 Å². The topological polar surface area (TPSA) is 55.4 Å².